The molecule has 0 saturated heterocycles. The zero-order chi connectivity index (χ0) is 15.0. The molecule has 1 amide bonds. The van der Waals surface area contributed by atoms with E-state index in [1.165, 1.54) is 0 Å². The third-order valence-electron chi connectivity index (χ3n) is 2.97. The minimum atomic E-state index is -0.839. The summed E-state index contributed by atoms with van der Waals surface area (Å²) in [6.07, 6.45) is 0. The van der Waals surface area contributed by atoms with Crippen molar-refractivity contribution in [3.63, 3.8) is 0 Å². The summed E-state index contributed by atoms with van der Waals surface area (Å²) >= 11 is 1.66. The molecule has 1 unspecified atom stereocenters. The number of rotatable bonds is 9. The van der Waals surface area contributed by atoms with Crippen LogP contribution in [0.5, 0.6) is 0 Å². The number of nitrogens with one attached hydrogen (secondary N) is 1. The molecule has 4 nitrogen and oxygen atoms in total. The highest BCUT2D eigenvalue weighted by Gasteiger charge is 2.38. The van der Waals surface area contributed by atoms with E-state index >= 15 is 0 Å². The molecule has 0 bridgehead atoms. The summed E-state index contributed by atoms with van der Waals surface area (Å²) in [6.45, 7) is 4.69. The van der Waals surface area contributed by atoms with Crippen LogP contribution in [0, 0.1) is 0 Å². The monoisotopic (exact) mass is 296 g/mol. The van der Waals surface area contributed by atoms with Gasteiger partial charge in [-0.25, -0.2) is 0 Å². The standard InChI is InChI=1S/C15H24N2O2S/c1-12(2)17-15(14(16)18,11-20-10-9-19-3)13-7-5-4-6-8-13/h4-8,12,17H,9-11H2,1-3H3,(H2,16,18). The first-order valence-electron chi connectivity index (χ1n) is 6.72. The van der Waals surface area contributed by atoms with Gasteiger partial charge in [0.15, 0.2) is 0 Å². The van der Waals surface area contributed by atoms with Gasteiger partial charge in [0, 0.05) is 24.7 Å². The van der Waals surface area contributed by atoms with Crippen molar-refractivity contribution < 1.29 is 9.53 Å². The van der Waals surface area contributed by atoms with E-state index in [9.17, 15) is 4.79 Å². The SMILES string of the molecule is COCCSCC(NC(C)C)(C(N)=O)c1ccccc1. The molecule has 0 aliphatic rings. The van der Waals surface area contributed by atoms with Crippen molar-refractivity contribution in [1.29, 1.82) is 0 Å². The molecule has 3 N–H and O–H groups in total. The Labute approximate surface area is 125 Å². The van der Waals surface area contributed by atoms with E-state index < -0.39 is 5.54 Å². The van der Waals surface area contributed by atoms with Crippen LogP contribution in [-0.4, -0.2) is 37.2 Å². The van der Waals surface area contributed by atoms with Crippen LogP contribution < -0.4 is 11.1 Å². The van der Waals surface area contributed by atoms with Crippen molar-refractivity contribution >= 4 is 17.7 Å². The number of hydrogen-bond donors (Lipinski definition) is 2. The van der Waals surface area contributed by atoms with Gasteiger partial charge in [-0.3, -0.25) is 10.1 Å². The molecule has 0 spiro atoms. The number of carbonyl (C=O) groups is 1. The predicted octanol–water partition coefficient (Wildman–Crippen LogP) is 1.74. The summed E-state index contributed by atoms with van der Waals surface area (Å²) in [4.78, 5) is 12.1. The molecule has 0 aliphatic carbocycles. The highest BCUT2D eigenvalue weighted by molar-refractivity contribution is 7.99. The highest BCUT2D eigenvalue weighted by atomic mass is 32.2. The first kappa shape index (κ1) is 17.0. The fraction of sp³-hybridized carbons (Fsp3) is 0.533. The molecule has 0 fully saturated rings. The van der Waals surface area contributed by atoms with Crippen molar-refractivity contribution in [2.45, 2.75) is 25.4 Å². The van der Waals surface area contributed by atoms with E-state index in [1.54, 1.807) is 18.9 Å². The third kappa shape index (κ3) is 4.51. The highest BCUT2D eigenvalue weighted by Crippen LogP contribution is 2.26. The van der Waals surface area contributed by atoms with Crippen molar-refractivity contribution in [2.75, 3.05) is 25.2 Å². The molecule has 1 aromatic carbocycles. The topological polar surface area (TPSA) is 64.3 Å². The average Bonchev–Trinajstić information content (AvgIpc) is 2.42. The quantitative estimate of drug-likeness (QED) is 0.681. The van der Waals surface area contributed by atoms with Crippen LogP contribution >= 0.6 is 11.8 Å². The number of carbonyl (C=O) groups excluding carboxylic acids is 1. The van der Waals surface area contributed by atoms with Gasteiger partial charge < -0.3 is 10.5 Å². The van der Waals surface area contributed by atoms with Crippen LogP contribution in [-0.2, 0) is 15.1 Å². The summed E-state index contributed by atoms with van der Waals surface area (Å²) in [5.74, 6) is 1.08. The lowest BCUT2D eigenvalue weighted by molar-refractivity contribution is -0.124. The summed E-state index contributed by atoms with van der Waals surface area (Å²) < 4.78 is 5.05. The molecular formula is C15H24N2O2S. The Bertz CT molecular complexity index is 412. The van der Waals surface area contributed by atoms with Crippen LogP contribution in [0.1, 0.15) is 19.4 Å². The van der Waals surface area contributed by atoms with Gasteiger partial charge in [-0.2, -0.15) is 11.8 Å². The molecule has 1 atom stereocenters. The molecule has 1 aromatic rings. The fourth-order valence-corrected chi connectivity index (χ4v) is 3.20. The Morgan fingerprint density at radius 2 is 2.05 bits per heavy atom. The van der Waals surface area contributed by atoms with Crippen molar-refractivity contribution in [3.05, 3.63) is 35.9 Å². The predicted molar refractivity (Wildman–Crippen MR) is 84.8 cm³/mol. The van der Waals surface area contributed by atoms with Gasteiger partial charge in [0.05, 0.1) is 6.61 Å². The summed E-state index contributed by atoms with van der Waals surface area (Å²) in [5, 5.41) is 3.35. The van der Waals surface area contributed by atoms with E-state index in [-0.39, 0.29) is 11.9 Å². The maximum atomic E-state index is 12.1. The van der Waals surface area contributed by atoms with Gasteiger partial charge in [-0.1, -0.05) is 30.3 Å². The molecule has 20 heavy (non-hydrogen) atoms. The minimum absolute atomic E-state index is 0.158. The first-order chi connectivity index (χ1) is 9.53. The normalized spacial score (nSPS) is 14.2. The van der Waals surface area contributed by atoms with Crippen molar-refractivity contribution in [1.82, 2.24) is 5.32 Å². The van der Waals surface area contributed by atoms with E-state index in [4.69, 9.17) is 10.5 Å². The maximum Gasteiger partial charge on any atom is 0.243 e. The Morgan fingerprint density at radius 1 is 1.40 bits per heavy atom. The van der Waals surface area contributed by atoms with E-state index in [0.29, 0.717) is 12.4 Å². The number of benzene rings is 1. The second kappa shape index (κ2) is 8.29. The van der Waals surface area contributed by atoms with Gasteiger partial charge in [0.1, 0.15) is 5.54 Å². The molecule has 0 aliphatic heterocycles. The lowest BCUT2D eigenvalue weighted by atomic mass is 9.90. The van der Waals surface area contributed by atoms with Crippen LogP contribution in [0.25, 0.3) is 0 Å². The molecular weight excluding hydrogens is 272 g/mol. The van der Waals surface area contributed by atoms with E-state index in [2.05, 4.69) is 5.32 Å². The van der Waals surface area contributed by atoms with Gasteiger partial charge in [-0.05, 0) is 19.4 Å². The van der Waals surface area contributed by atoms with Crippen molar-refractivity contribution in [3.8, 4) is 0 Å². The van der Waals surface area contributed by atoms with Gasteiger partial charge in [0.25, 0.3) is 0 Å². The second-order valence-corrected chi connectivity index (χ2v) is 6.09. The summed E-state index contributed by atoms with van der Waals surface area (Å²) in [7, 11) is 1.67. The van der Waals surface area contributed by atoms with Crippen LogP contribution in [0.4, 0.5) is 0 Å². The number of amides is 1. The van der Waals surface area contributed by atoms with Crippen molar-refractivity contribution in [2.24, 2.45) is 5.73 Å². The second-order valence-electron chi connectivity index (χ2n) is 4.98. The fourth-order valence-electron chi connectivity index (χ4n) is 2.08. The lowest BCUT2D eigenvalue weighted by Crippen LogP contribution is -2.57. The number of methoxy groups -OCH3 is 1. The van der Waals surface area contributed by atoms with E-state index in [0.717, 1.165) is 11.3 Å². The molecule has 112 valence electrons. The lowest BCUT2D eigenvalue weighted by Gasteiger charge is -2.34. The molecule has 5 heteroatoms. The third-order valence-corrected chi connectivity index (χ3v) is 4.07. The molecule has 1 rings (SSSR count). The number of hydrogen-bond acceptors (Lipinski definition) is 4. The Kier molecular flexibility index (Phi) is 7.05. The van der Waals surface area contributed by atoms with Gasteiger partial charge in [0.2, 0.25) is 5.91 Å². The number of primary amides is 1. The summed E-state index contributed by atoms with van der Waals surface area (Å²) in [6, 6.07) is 9.83. The zero-order valence-corrected chi connectivity index (χ0v) is 13.2. The number of thioether (sulfide) groups is 1. The smallest absolute Gasteiger partial charge is 0.243 e. The first-order valence-corrected chi connectivity index (χ1v) is 7.88. The Hall–Kier alpha value is -1.04. The summed E-state index contributed by atoms with van der Waals surface area (Å²) in [5.41, 5.74) is 5.79. The Morgan fingerprint density at radius 3 is 2.55 bits per heavy atom. The van der Waals surface area contributed by atoms with Crippen LogP contribution in [0.3, 0.4) is 0 Å². The minimum Gasteiger partial charge on any atom is -0.384 e. The van der Waals surface area contributed by atoms with Gasteiger partial charge in [-0.15, -0.1) is 0 Å². The molecule has 0 heterocycles. The van der Waals surface area contributed by atoms with E-state index in [1.807, 2.05) is 44.2 Å². The molecule has 0 aromatic heterocycles. The number of nitrogens with two attached hydrogens (primary N) is 1. The largest absolute Gasteiger partial charge is 0.384 e. The van der Waals surface area contributed by atoms with Gasteiger partial charge >= 0.3 is 0 Å². The van der Waals surface area contributed by atoms with Crippen LogP contribution in [0.15, 0.2) is 30.3 Å². The molecule has 0 radical (unpaired) electrons. The zero-order valence-electron chi connectivity index (χ0n) is 12.4. The molecule has 0 saturated carbocycles. The van der Waals surface area contributed by atoms with Crippen LogP contribution in [0.2, 0.25) is 0 Å². The number of ether oxygens (including phenoxy) is 1. The maximum absolute atomic E-state index is 12.1. The average molecular weight is 296 g/mol. The Balaban J connectivity index is 2.99.